The number of carbonyl (C=O) groups excluding carboxylic acids is 1. The molecular formula is C20H22N6O3S. The summed E-state index contributed by atoms with van der Waals surface area (Å²) < 4.78 is 28.8. The molecule has 0 unspecified atom stereocenters. The van der Waals surface area contributed by atoms with Crippen molar-refractivity contribution in [2.24, 2.45) is 0 Å². The third-order valence-corrected chi connectivity index (χ3v) is 6.23. The van der Waals surface area contributed by atoms with Crippen molar-refractivity contribution in [2.45, 2.75) is 44.2 Å². The first-order valence-corrected chi connectivity index (χ1v) is 11.1. The van der Waals surface area contributed by atoms with Crippen molar-refractivity contribution in [1.29, 1.82) is 0 Å². The third kappa shape index (κ3) is 3.90. The first kappa shape index (κ1) is 20.0. The molecule has 10 heteroatoms. The summed E-state index contributed by atoms with van der Waals surface area (Å²) in [5.41, 5.74) is 4.21. The van der Waals surface area contributed by atoms with Crippen molar-refractivity contribution in [3.8, 4) is 11.1 Å². The Morgan fingerprint density at radius 3 is 2.60 bits per heavy atom. The van der Waals surface area contributed by atoms with Gasteiger partial charge in [-0.1, -0.05) is 12.1 Å². The van der Waals surface area contributed by atoms with Crippen molar-refractivity contribution in [3.05, 3.63) is 54.2 Å². The fourth-order valence-electron chi connectivity index (χ4n) is 3.55. The smallest absolute Gasteiger partial charge is 0.306 e. The number of sulfonamides is 1. The number of amides is 2. The molecule has 0 spiro atoms. The van der Waals surface area contributed by atoms with Crippen molar-refractivity contribution in [3.63, 3.8) is 0 Å². The average molecular weight is 427 g/mol. The lowest BCUT2D eigenvalue weighted by molar-refractivity contribution is 0.256. The van der Waals surface area contributed by atoms with Crippen LogP contribution >= 0.6 is 0 Å². The molecule has 1 aliphatic rings. The SMILES string of the molecule is CC(C)n1ccc(S(=O)(=O)NC(=O)Nc2c(-c3cncnc3)ccc3c2CCC3)n1. The molecule has 1 aliphatic carbocycles. The van der Waals surface area contributed by atoms with Gasteiger partial charge in [-0.3, -0.25) is 4.68 Å². The van der Waals surface area contributed by atoms with E-state index in [2.05, 4.69) is 25.1 Å². The molecule has 2 heterocycles. The first-order valence-electron chi connectivity index (χ1n) is 9.64. The molecule has 0 radical (unpaired) electrons. The zero-order chi connectivity index (χ0) is 21.3. The predicted octanol–water partition coefficient (Wildman–Crippen LogP) is 2.92. The van der Waals surface area contributed by atoms with Crippen LogP contribution in [0.15, 0.2) is 48.1 Å². The van der Waals surface area contributed by atoms with Crippen LogP contribution in [0.5, 0.6) is 0 Å². The van der Waals surface area contributed by atoms with E-state index in [0.717, 1.165) is 41.5 Å². The molecule has 0 aliphatic heterocycles. The zero-order valence-electron chi connectivity index (χ0n) is 16.7. The first-order chi connectivity index (χ1) is 14.3. The molecule has 30 heavy (non-hydrogen) atoms. The Morgan fingerprint density at radius 1 is 1.13 bits per heavy atom. The number of rotatable bonds is 5. The maximum absolute atomic E-state index is 12.7. The number of carbonyl (C=O) groups is 1. The number of nitrogens with zero attached hydrogens (tertiary/aromatic N) is 4. The lowest BCUT2D eigenvalue weighted by Crippen LogP contribution is -2.35. The minimum atomic E-state index is -4.10. The largest absolute Gasteiger partial charge is 0.333 e. The van der Waals surface area contributed by atoms with Gasteiger partial charge in [0.05, 0.1) is 5.69 Å². The molecule has 0 bridgehead atoms. The van der Waals surface area contributed by atoms with E-state index in [4.69, 9.17) is 0 Å². The summed E-state index contributed by atoms with van der Waals surface area (Å²) in [6, 6.07) is 4.46. The quantitative estimate of drug-likeness (QED) is 0.647. The lowest BCUT2D eigenvalue weighted by atomic mass is 9.99. The van der Waals surface area contributed by atoms with Crippen LogP contribution in [0.2, 0.25) is 0 Å². The van der Waals surface area contributed by atoms with Crippen molar-refractivity contribution in [2.75, 3.05) is 5.32 Å². The topological polar surface area (TPSA) is 119 Å². The summed E-state index contributed by atoms with van der Waals surface area (Å²) >= 11 is 0. The van der Waals surface area contributed by atoms with Gasteiger partial charge in [0.25, 0.3) is 10.0 Å². The van der Waals surface area contributed by atoms with Crippen LogP contribution in [0.3, 0.4) is 0 Å². The van der Waals surface area contributed by atoms with E-state index in [9.17, 15) is 13.2 Å². The van der Waals surface area contributed by atoms with E-state index in [1.807, 2.05) is 26.0 Å². The third-order valence-electron chi connectivity index (χ3n) is 5.01. The van der Waals surface area contributed by atoms with E-state index in [0.29, 0.717) is 5.69 Å². The van der Waals surface area contributed by atoms with Gasteiger partial charge in [0.2, 0.25) is 0 Å². The fourth-order valence-corrected chi connectivity index (χ4v) is 4.39. The monoisotopic (exact) mass is 426 g/mol. The van der Waals surface area contributed by atoms with E-state index < -0.39 is 16.1 Å². The number of nitrogens with one attached hydrogen (secondary N) is 2. The van der Waals surface area contributed by atoms with Crippen LogP contribution in [-0.2, 0) is 22.9 Å². The van der Waals surface area contributed by atoms with Gasteiger partial charge in [-0.05, 0) is 50.3 Å². The molecule has 9 nitrogen and oxygen atoms in total. The molecule has 4 rings (SSSR count). The second-order valence-electron chi connectivity index (χ2n) is 7.39. The molecule has 0 saturated carbocycles. The van der Waals surface area contributed by atoms with Gasteiger partial charge in [-0.2, -0.15) is 13.5 Å². The number of anilines is 1. The van der Waals surface area contributed by atoms with Crippen LogP contribution < -0.4 is 10.0 Å². The molecule has 1 aromatic carbocycles. The van der Waals surface area contributed by atoms with Crippen molar-refractivity contribution in [1.82, 2.24) is 24.5 Å². The number of benzene rings is 1. The molecule has 0 saturated heterocycles. The summed E-state index contributed by atoms with van der Waals surface area (Å²) in [6.45, 7) is 3.77. The Kier molecular flexibility index (Phi) is 5.25. The van der Waals surface area contributed by atoms with Crippen LogP contribution in [0.25, 0.3) is 11.1 Å². The predicted molar refractivity (Wildman–Crippen MR) is 111 cm³/mol. The Labute approximate surface area is 174 Å². The van der Waals surface area contributed by atoms with E-state index >= 15 is 0 Å². The maximum atomic E-state index is 12.7. The Balaban J connectivity index is 1.62. The molecule has 0 atom stereocenters. The molecule has 156 valence electrons. The number of urea groups is 1. The highest BCUT2D eigenvalue weighted by atomic mass is 32.2. The van der Waals surface area contributed by atoms with Gasteiger partial charge in [-0.15, -0.1) is 0 Å². The average Bonchev–Trinajstić information content (AvgIpc) is 3.39. The molecule has 2 amide bonds. The number of hydrogen-bond donors (Lipinski definition) is 2. The van der Waals surface area contributed by atoms with E-state index in [-0.39, 0.29) is 11.1 Å². The Bertz CT molecular complexity index is 1190. The zero-order valence-corrected chi connectivity index (χ0v) is 17.5. The summed E-state index contributed by atoms with van der Waals surface area (Å²) in [5, 5.41) is 6.57. The normalized spacial score (nSPS) is 13.3. The molecular weight excluding hydrogens is 404 g/mol. The molecule has 2 N–H and O–H groups in total. The molecule has 3 aromatic rings. The standard InChI is InChI=1S/C20H22N6O3S/c1-13(2)26-9-8-18(24-26)30(28,29)25-20(27)23-19-16-5-3-4-14(16)6-7-17(19)15-10-21-12-22-11-15/h6-13H,3-5H2,1-2H3,(H2,23,25,27). The summed E-state index contributed by atoms with van der Waals surface area (Å²) in [5.74, 6) is 0. The lowest BCUT2D eigenvalue weighted by Gasteiger charge is -2.16. The molecule has 0 fully saturated rings. The summed E-state index contributed by atoms with van der Waals surface area (Å²) in [4.78, 5) is 20.7. The maximum Gasteiger partial charge on any atom is 0.333 e. The van der Waals surface area contributed by atoms with Gasteiger partial charge in [0, 0.05) is 35.8 Å². The summed E-state index contributed by atoms with van der Waals surface area (Å²) in [7, 11) is -4.10. The Morgan fingerprint density at radius 2 is 1.90 bits per heavy atom. The van der Waals surface area contributed by atoms with Crippen molar-refractivity contribution < 1.29 is 13.2 Å². The van der Waals surface area contributed by atoms with Gasteiger partial charge in [0.15, 0.2) is 5.03 Å². The van der Waals surface area contributed by atoms with Crippen molar-refractivity contribution >= 4 is 21.7 Å². The number of aromatic nitrogens is 4. The van der Waals surface area contributed by atoms with Crippen LogP contribution in [0.4, 0.5) is 10.5 Å². The molecule has 2 aromatic heterocycles. The highest BCUT2D eigenvalue weighted by Crippen LogP contribution is 2.37. The number of aryl methyl sites for hydroxylation is 1. The minimum absolute atomic E-state index is 0.00494. The number of fused-ring (bicyclic) bond motifs is 1. The van der Waals surface area contributed by atoms with Gasteiger partial charge in [0.1, 0.15) is 6.33 Å². The van der Waals surface area contributed by atoms with Gasteiger partial charge >= 0.3 is 6.03 Å². The van der Waals surface area contributed by atoms with Gasteiger partial charge in [-0.25, -0.2) is 19.5 Å². The second kappa shape index (κ2) is 7.86. The highest BCUT2D eigenvalue weighted by Gasteiger charge is 2.24. The van der Waals surface area contributed by atoms with Crippen LogP contribution in [0.1, 0.15) is 37.4 Å². The van der Waals surface area contributed by atoms with Crippen LogP contribution in [-0.4, -0.2) is 34.2 Å². The van der Waals surface area contributed by atoms with E-state index in [1.54, 1.807) is 18.6 Å². The van der Waals surface area contributed by atoms with Gasteiger partial charge < -0.3 is 5.32 Å². The second-order valence-corrected chi connectivity index (χ2v) is 9.02. The van der Waals surface area contributed by atoms with E-state index in [1.165, 1.54) is 17.1 Å². The Hall–Kier alpha value is -3.27. The minimum Gasteiger partial charge on any atom is -0.306 e. The summed E-state index contributed by atoms with van der Waals surface area (Å²) in [6.07, 6.45) is 9.00. The fraction of sp³-hybridized carbons (Fsp3) is 0.300. The highest BCUT2D eigenvalue weighted by molar-refractivity contribution is 7.90. The van der Waals surface area contributed by atoms with Crippen LogP contribution in [0, 0.1) is 0 Å². The number of hydrogen-bond acceptors (Lipinski definition) is 6.